The molecule has 0 spiro atoms. The van der Waals surface area contributed by atoms with E-state index in [0.29, 0.717) is 18.0 Å². The Morgan fingerprint density at radius 2 is 2.07 bits per heavy atom. The molecule has 29 heavy (non-hydrogen) atoms. The van der Waals surface area contributed by atoms with E-state index in [0.717, 1.165) is 35.0 Å². The van der Waals surface area contributed by atoms with Crippen molar-refractivity contribution in [2.24, 2.45) is 0 Å². The molecule has 0 aliphatic heterocycles. The summed E-state index contributed by atoms with van der Waals surface area (Å²) in [6.45, 7) is 5.95. The molecule has 1 saturated carbocycles. The number of carbonyl (C=O) groups is 2. The number of benzene rings is 1. The van der Waals surface area contributed by atoms with Gasteiger partial charge in [-0.15, -0.1) is 0 Å². The summed E-state index contributed by atoms with van der Waals surface area (Å²) in [6.07, 6.45) is 7.08. The molecule has 1 fully saturated rings. The van der Waals surface area contributed by atoms with E-state index in [4.69, 9.17) is 9.47 Å². The van der Waals surface area contributed by atoms with Crippen LogP contribution >= 0.6 is 0 Å². The predicted octanol–water partition coefficient (Wildman–Crippen LogP) is 4.43. The molecule has 1 aromatic carbocycles. The summed E-state index contributed by atoms with van der Waals surface area (Å²) in [5, 5.41) is 0. The molecule has 1 aliphatic rings. The maximum Gasteiger partial charge on any atom is 0.338 e. The van der Waals surface area contributed by atoms with Crippen LogP contribution in [0, 0.1) is 0 Å². The number of rotatable bonds is 6. The van der Waals surface area contributed by atoms with Crippen molar-refractivity contribution in [1.29, 1.82) is 0 Å². The highest BCUT2D eigenvalue weighted by atomic mass is 16.6. The van der Waals surface area contributed by atoms with Crippen LogP contribution in [-0.2, 0) is 14.3 Å². The van der Waals surface area contributed by atoms with Gasteiger partial charge in [0.25, 0.3) is 6.47 Å². The smallest absolute Gasteiger partial charge is 0.338 e. The number of imidazole rings is 1. The molecule has 6 heteroatoms. The lowest BCUT2D eigenvalue weighted by molar-refractivity contribution is -0.132. The minimum absolute atomic E-state index is 0.408. The normalized spacial score (nSPS) is 15.1. The first-order chi connectivity index (χ1) is 13.9. The highest BCUT2D eigenvalue weighted by Crippen LogP contribution is 2.45. The van der Waals surface area contributed by atoms with Crippen molar-refractivity contribution in [2.45, 2.75) is 51.2 Å². The zero-order valence-electron chi connectivity index (χ0n) is 16.8. The maximum absolute atomic E-state index is 12.5. The zero-order chi connectivity index (χ0) is 20.6. The van der Waals surface area contributed by atoms with E-state index in [9.17, 15) is 9.59 Å². The monoisotopic (exact) mass is 392 g/mol. The molecule has 2 heterocycles. The summed E-state index contributed by atoms with van der Waals surface area (Å²) in [7, 11) is 0. The first-order valence-electron chi connectivity index (χ1n) is 9.74. The van der Waals surface area contributed by atoms with E-state index in [1.54, 1.807) is 30.7 Å². The predicted molar refractivity (Wildman–Crippen MR) is 108 cm³/mol. The minimum atomic E-state index is -0.633. The quantitative estimate of drug-likeness (QED) is 0.458. The third kappa shape index (κ3) is 4.01. The average molecular weight is 392 g/mol. The fourth-order valence-corrected chi connectivity index (χ4v) is 3.60. The van der Waals surface area contributed by atoms with Crippen molar-refractivity contribution in [3.63, 3.8) is 0 Å². The fourth-order valence-electron chi connectivity index (χ4n) is 3.60. The fraction of sp³-hybridized carbons (Fsp3) is 0.348. The first kappa shape index (κ1) is 19.2. The van der Waals surface area contributed by atoms with Crippen molar-refractivity contribution in [3.8, 4) is 0 Å². The molecule has 0 radical (unpaired) electrons. The van der Waals surface area contributed by atoms with E-state index in [1.165, 1.54) is 0 Å². The molecule has 0 N–H and O–H groups in total. The van der Waals surface area contributed by atoms with Gasteiger partial charge in [-0.2, -0.15) is 0 Å². The standard InChI is InChI=1S/C23H24N2O4/c1-23(2,3)29-22(27)17-6-4-5-16(11-17)21(28-14-26)20-18(15-7-8-15)9-10-25-13-24-12-19(20)25/h4-6,9-15,21H,7-8H2,1-3H3. The second-order valence-electron chi connectivity index (χ2n) is 8.38. The Morgan fingerprint density at radius 1 is 1.28 bits per heavy atom. The van der Waals surface area contributed by atoms with E-state index in [-0.39, 0.29) is 0 Å². The van der Waals surface area contributed by atoms with Crippen LogP contribution < -0.4 is 0 Å². The molecule has 6 nitrogen and oxygen atoms in total. The number of carbonyl (C=O) groups excluding carboxylic acids is 2. The summed E-state index contributed by atoms with van der Waals surface area (Å²) < 4.78 is 13.0. The van der Waals surface area contributed by atoms with Crippen molar-refractivity contribution in [1.82, 2.24) is 9.38 Å². The second kappa shape index (κ2) is 7.35. The average Bonchev–Trinajstić information content (AvgIpc) is 3.41. The molecule has 0 saturated heterocycles. The van der Waals surface area contributed by atoms with Gasteiger partial charge in [-0.25, -0.2) is 9.78 Å². The summed E-state index contributed by atoms with van der Waals surface area (Å²) in [5.74, 6) is 0.0471. The lowest BCUT2D eigenvalue weighted by Crippen LogP contribution is -2.24. The summed E-state index contributed by atoms with van der Waals surface area (Å²) >= 11 is 0. The first-order valence-corrected chi connectivity index (χ1v) is 9.74. The highest BCUT2D eigenvalue weighted by Gasteiger charge is 2.32. The number of pyridine rings is 1. The molecule has 1 atom stereocenters. The minimum Gasteiger partial charge on any atom is -0.456 e. The summed E-state index contributed by atoms with van der Waals surface area (Å²) in [5.41, 5.74) is 3.52. The Morgan fingerprint density at radius 3 is 2.76 bits per heavy atom. The Kier molecular flexibility index (Phi) is 4.86. The third-order valence-electron chi connectivity index (χ3n) is 4.96. The molecule has 2 aromatic heterocycles. The molecule has 0 amide bonds. The van der Waals surface area contributed by atoms with Gasteiger partial charge in [-0.1, -0.05) is 12.1 Å². The lowest BCUT2D eigenvalue weighted by atomic mass is 9.93. The van der Waals surface area contributed by atoms with E-state index in [2.05, 4.69) is 11.1 Å². The molecule has 1 aliphatic carbocycles. The van der Waals surface area contributed by atoms with Gasteiger partial charge in [0.1, 0.15) is 5.60 Å². The zero-order valence-corrected chi connectivity index (χ0v) is 16.8. The molecular formula is C23H24N2O4. The Hall–Kier alpha value is -3.15. The van der Waals surface area contributed by atoms with Crippen LogP contribution in [0.4, 0.5) is 0 Å². The Labute approximate surface area is 169 Å². The van der Waals surface area contributed by atoms with Crippen molar-refractivity contribution < 1.29 is 19.1 Å². The molecule has 150 valence electrons. The van der Waals surface area contributed by atoms with Gasteiger partial charge in [-0.3, -0.25) is 4.79 Å². The van der Waals surface area contributed by atoms with Gasteiger partial charge in [-0.05, 0) is 68.9 Å². The molecule has 4 rings (SSSR count). The van der Waals surface area contributed by atoms with Gasteiger partial charge < -0.3 is 13.9 Å². The van der Waals surface area contributed by atoms with Gasteiger partial charge in [0, 0.05) is 11.8 Å². The maximum atomic E-state index is 12.5. The van der Waals surface area contributed by atoms with Crippen LogP contribution in [0.2, 0.25) is 0 Å². The van der Waals surface area contributed by atoms with Gasteiger partial charge in [0.15, 0.2) is 6.10 Å². The number of esters is 1. The topological polar surface area (TPSA) is 69.9 Å². The van der Waals surface area contributed by atoms with Gasteiger partial charge >= 0.3 is 5.97 Å². The molecule has 3 aromatic rings. The van der Waals surface area contributed by atoms with Gasteiger partial charge in [0.05, 0.1) is 23.6 Å². The van der Waals surface area contributed by atoms with Crippen LogP contribution in [-0.4, -0.2) is 27.4 Å². The number of aromatic nitrogens is 2. The molecule has 0 bridgehead atoms. The van der Waals surface area contributed by atoms with Crippen LogP contribution in [0.1, 0.15) is 72.7 Å². The van der Waals surface area contributed by atoms with Crippen LogP contribution in [0.5, 0.6) is 0 Å². The number of hydrogen-bond acceptors (Lipinski definition) is 5. The highest BCUT2D eigenvalue weighted by molar-refractivity contribution is 5.90. The largest absolute Gasteiger partial charge is 0.456 e. The second-order valence-corrected chi connectivity index (χ2v) is 8.38. The number of nitrogens with zero attached hydrogens (tertiary/aromatic N) is 2. The Bertz CT molecular complexity index is 1060. The van der Waals surface area contributed by atoms with Crippen LogP contribution in [0.25, 0.3) is 5.52 Å². The van der Waals surface area contributed by atoms with E-state index >= 15 is 0 Å². The third-order valence-corrected chi connectivity index (χ3v) is 4.96. The van der Waals surface area contributed by atoms with Crippen molar-refractivity contribution in [3.05, 3.63) is 71.3 Å². The van der Waals surface area contributed by atoms with Crippen molar-refractivity contribution in [2.75, 3.05) is 0 Å². The summed E-state index contributed by atoms with van der Waals surface area (Å²) in [6, 6.07) is 9.15. The van der Waals surface area contributed by atoms with Crippen LogP contribution in [0.3, 0.4) is 0 Å². The molecule has 1 unspecified atom stereocenters. The number of fused-ring (bicyclic) bond motifs is 1. The molecular weight excluding hydrogens is 368 g/mol. The van der Waals surface area contributed by atoms with Crippen LogP contribution in [0.15, 0.2) is 49.1 Å². The summed E-state index contributed by atoms with van der Waals surface area (Å²) in [4.78, 5) is 28.2. The SMILES string of the molecule is CC(C)(C)OC(=O)c1cccc(C(OC=O)c2c(C3CC3)ccn3cncc23)c1. The number of hydrogen-bond donors (Lipinski definition) is 0. The van der Waals surface area contributed by atoms with Gasteiger partial charge in [0.2, 0.25) is 0 Å². The lowest BCUT2D eigenvalue weighted by Gasteiger charge is -2.22. The van der Waals surface area contributed by atoms with Crippen molar-refractivity contribution >= 4 is 18.0 Å². The Balaban J connectivity index is 1.80. The number of ether oxygens (including phenoxy) is 2. The van der Waals surface area contributed by atoms with E-state index in [1.807, 2.05) is 37.4 Å². The van der Waals surface area contributed by atoms with E-state index < -0.39 is 17.7 Å².